The van der Waals surface area contributed by atoms with E-state index >= 15 is 0 Å². The van der Waals surface area contributed by atoms with Gasteiger partial charge in [0.05, 0.1) is 17.3 Å². The first-order valence-electron chi connectivity index (χ1n) is 5.38. The Morgan fingerprint density at radius 1 is 1.35 bits per heavy atom. The molecule has 1 aromatic heterocycles. The fourth-order valence-electron chi connectivity index (χ4n) is 1.52. The van der Waals surface area contributed by atoms with Gasteiger partial charge in [0.25, 0.3) is 5.91 Å². The molecule has 0 atom stereocenters. The van der Waals surface area contributed by atoms with E-state index in [1.165, 1.54) is 24.4 Å². The summed E-state index contributed by atoms with van der Waals surface area (Å²) in [6.45, 7) is 0. The Balaban J connectivity index is 2.29. The van der Waals surface area contributed by atoms with Gasteiger partial charge in [-0.15, -0.1) is 0 Å². The molecular formula is C11H11N5O4. The molecule has 0 aliphatic carbocycles. The number of benzene rings is 1. The van der Waals surface area contributed by atoms with E-state index in [9.17, 15) is 15.0 Å². The van der Waals surface area contributed by atoms with Gasteiger partial charge in [0.15, 0.2) is 17.3 Å². The number of hydrogen-bond acceptors (Lipinski definition) is 6. The zero-order valence-corrected chi connectivity index (χ0v) is 10.0. The van der Waals surface area contributed by atoms with Crippen molar-refractivity contribution in [3.05, 3.63) is 35.5 Å². The number of phenols is 2. The summed E-state index contributed by atoms with van der Waals surface area (Å²) in [5.74, 6) is -1.81. The van der Waals surface area contributed by atoms with Crippen molar-refractivity contribution in [2.24, 2.45) is 10.9 Å². The van der Waals surface area contributed by atoms with Crippen LogP contribution in [0.2, 0.25) is 0 Å². The summed E-state index contributed by atoms with van der Waals surface area (Å²) in [6, 6.07) is 3.97. The predicted molar refractivity (Wildman–Crippen MR) is 68.8 cm³/mol. The van der Waals surface area contributed by atoms with Crippen molar-refractivity contribution in [2.45, 2.75) is 0 Å². The number of para-hydroxylation sites is 1. The van der Waals surface area contributed by atoms with Crippen LogP contribution in [0.5, 0.6) is 11.5 Å². The number of aromatic amines is 1. The number of aromatic hydroxyl groups is 2. The number of phenolic OH excluding ortho intramolecular Hbond substituents is 2. The first-order valence-corrected chi connectivity index (χ1v) is 5.38. The zero-order valence-electron chi connectivity index (χ0n) is 10.0. The maximum Gasteiger partial charge on any atom is 0.260 e. The smallest absolute Gasteiger partial charge is 0.260 e. The molecule has 9 nitrogen and oxygen atoms in total. The van der Waals surface area contributed by atoms with Crippen LogP contribution >= 0.6 is 0 Å². The number of carbonyl (C=O) groups is 1. The lowest BCUT2D eigenvalue weighted by Crippen LogP contribution is -2.18. The molecule has 0 saturated heterocycles. The number of aromatic nitrogens is 2. The number of anilines is 1. The summed E-state index contributed by atoms with van der Waals surface area (Å²) in [5.41, 5.74) is 5.45. The molecule has 1 aromatic carbocycles. The maximum atomic E-state index is 12.0. The number of nitrogens with zero attached hydrogens (tertiary/aromatic N) is 2. The minimum atomic E-state index is -0.699. The molecule has 0 fully saturated rings. The largest absolute Gasteiger partial charge is 0.504 e. The molecular weight excluding hydrogens is 266 g/mol. The van der Waals surface area contributed by atoms with E-state index in [2.05, 4.69) is 20.7 Å². The predicted octanol–water partition coefficient (Wildman–Crippen LogP) is 0.168. The highest BCUT2D eigenvalue weighted by Gasteiger charge is 2.17. The summed E-state index contributed by atoms with van der Waals surface area (Å²) < 4.78 is 0. The third kappa shape index (κ3) is 2.32. The molecule has 2 rings (SSSR count). The third-order valence-electron chi connectivity index (χ3n) is 2.52. The van der Waals surface area contributed by atoms with E-state index in [-0.39, 0.29) is 22.8 Å². The lowest BCUT2D eigenvalue weighted by atomic mass is 10.1. The summed E-state index contributed by atoms with van der Waals surface area (Å²) in [5, 5.41) is 38.8. The molecule has 20 heavy (non-hydrogen) atoms. The normalized spacial score (nSPS) is 11.3. The fraction of sp³-hybridized carbons (Fsp3) is 0. The van der Waals surface area contributed by atoms with Crippen molar-refractivity contribution in [1.29, 1.82) is 0 Å². The summed E-state index contributed by atoms with van der Waals surface area (Å²) in [6.07, 6.45) is 1.26. The van der Waals surface area contributed by atoms with Gasteiger partial charge in [-0.1, -0.05) is 11.2 Å². The van der Waals surface area contributed by atoms with Gasteiger partial charge in [0.1, 0.15) is 5.82 Å². The molecule has 0 saturated carbocycles. The topological polar surface area (TPSA) is 157 Å². The second-order valence-electron chi connectivity index (χ2n) is 3.77. The fourth-order valence-corrected chi connectivity index (χ4v) is 1.52. The molecule has 7 N–H and O–H groups in total. The molecule has 0 spiro atoms. The van der Waals surface area contributed by atoms with Crippen LogP contribution in [0.4, 0.5) is 5.82 Å². The minimum Gasteiger partial charge on any atom is -0.504 e. The number of oxime groups is 1. The van der Waals surface area contributed by atoms with Crippen LogP contribution in [-0.4, -0.2) is 37.4 Å². The number of hydrogen-bond donors (Lipinski definition) is 6. The number of rotatable bonds is 3. The molecule has 1 amide bonds. The SMILES string of the molecule is N/C(=N/O)c1cn[nH]c1NC(=O)c1cccc(O)c1O. The van der Waals surface area contributed by atoms with Gasteiger partial charge in [-0.05, 0) is 12.1 Å². The Labute approximate surface area is 112 Å². The summed E-state index contributed by atoms with van der Waals surface area (Å²) in [7, 11) is 0. The summed E-state index contributed by atoms with van der Waals surface area (Å²) >= 11 is 0. The standard InChI is InChI=1S/C11H11N5O4/c12-9(16-20)6-4-13-15-10(6)14-11(19)5-2-1-3-7(17)8(5)18/h1-4,17-18,20H,(H2,12,16)(H2,13,14,15,19). The molecule has 2 aromatic rings. The highest BCUT2D eigenvalue weighted by Crippen LogP contribution is 2.28. The molecule has 0 aliphatic heterocycles. The molecule has 9 heteroatoms. The van der Waals surface area contributed by atoms with Gasteiger partial charge in [0.2, 0.25) is 0 Å². The van der Waals surface area contributed by atoms with Gasteiger partial charge in [-0.25, -0.2) is 0 Å². The van der Waals surface area contributed by atoms with Gasteiger partial charge >= 0.3 is 0 Å². The highest BCUT2D eigenvalue weighted by atomic mass is 16.4. The lowest BCUT2D eigenvalue weighted by Gasteiger charge is -2.07. The van der Waals surface area contributed by atoms with Crippen molar-refractivity contribution in [3.8, 4) is 11.5 Å². The molecule has 0 unspecified atom stereocenters. The quantitative estimate of drug-likeness (QED) is 0.154. The van der Waals surface area contributed by atoms with E-state index < -0.39 is 17.4 Å². The van der Waals surface area contributed by atoms with Gasteiger partial charge in [-0.2, -0.15) is 5.10 Å². The minimum absolute atomic E-state index is 0.0908. The number of nitrogens with one attached hydrogen (secondary N) is 2. The van der Waals surface area contributed by atoms with Crippen LogP contribution in [0, 0.1) is 0 Å². The van der Waals surface area contributed by atoms with Gasteiger partial charge < -0.3 is 26.5 Å². The Morgan fingerprint density at radius 3 is 2.80 bits per heavy atom. The average molecular weight is 277 g/mol. The number of H-pyrrole nitrogens is 1. The van der Waals surface area contributed by atoms with E-state index in [4.69, 9.17) is 10.9 Å². The third-order valence-corrected chi connectivity index (χ3v) is 2.52. The van der Waals surface area contributed by atoms with E-state index in [0.717, 1.165) is 0 Å². The number of carbonyl (C=O) groups excluding carboxylic acids is 1. The first kappa shape index (κ1) is 13.2. The monoisotopic (exact) mass is 277 g/mol. The van der Waals surface area contributed by atoms with E-state index in [1.54, 1.807) is 0 Å². The van der Waals surface area contributed by atoms with E-state index in [1.807, 2.05) is 0 Å². The van der Waals surface area contributed by atoms with Crippen LogP contribution in [0.3, 0.4) is 0 Å². The molecule has 104 valence electrons. The van der Waals surface area contributed by atoms with Crippen molar-refractivity contribution in [3.63, 3.8) is 0 Å². The molecule has 0 bridgehead atoms. The zero-order chi connectivity index (χ0) is 14.7. The van der Waals surface area contributed by atoms with Gasteiger partial charge in [0, 0.05) is 0 Å². The molecule has 0 aliphatic rings. The summed E-state index contributed by atoms with van der Waals surface area (Å²) in [4.78, 5) is 12.0. The number of amidine groups is 1. The molecule has 1 heterocycles. The maximum absolute atomic E-state index is 12.0. The van der Waals surface area contributed by atoms with Crippen LogP contribution in [-0.2, 0) is 0 Å². The lowest BCUT2D eigenvalue weighted by molar-refractivity contribution is 0.102. The first-order chi connectivity index (χ1) is 9.54. The Bertz CT molecular complexity index is 679. The Morgan fingerprint density at radius 2 is 2.10 bits per heavy atom. The second kappa shape index (κ2) is 5.18. The van der Waals surface area contributed by atoms with E-state index in [0.29, 0.717) is 0 Å². The van der Waals surface area contributed by atoms with Gasteiger partial charge in [-0.3, -0.25) is 9.89 Å². The van der Waals surface area contributed by atoms with Crippen LogP contribution < -0.4 is 11.1 Å². The van der Waals surface area contributed by atoms with Crippen molar-refractivity contribution in [1.82, 2.24) is 10.2 Å². The van der Waals surface area contributed by atoms with Crippen LogP contribution in [0.25, 0.3) is 0 Å². The number of nitrogens with two attached hydrogens (primary N) is 1. The average Bonchev–Trinajstić information content (AvgIpc) is 2.89. The number of amides is 1. The van der Waals surface area contributed by atoms with Crippen molar-refractivity contribution < 1.29 is 20.2 Å². The van der Waals surface area contributed by atoms with Crippen molar-refractivity contribution >= 4 is 17.6 Å². The Kier molecular flexibility index (Phi) is 3.42. The van der Waals surface area contributed by atoms with Crippen LogP contribution in [0.1, 0.15) is 15.9 Å². The Hall–Kier alpha value is -3.23. The second-order valence-corrected chi connectivity index (χ2v) is 3.77. The van der Waals surface area contributed by atoms with Crippen molar-refractivity contribution in [2.75, 3.05) is 5.32 Å². The van der Waals surface area contributed by atoms with Crippen LogP contribution in [0.15, 0.2) is 29.6 Å². The highest BCUT2D eigenvalue weighted by molar-refractivity contribution is 6.10. The molecule has 0 radical (unpaired) electrons.